The number of nitrogens with zero attached hydrogens (tertiary/aromatic N) is 2. The Morgan fingerprint density at radius 2 is 2.00 bits per heavy atom. The van der Waals surface area contributed by atoms with Crippen LogP contribution in [-0.2, 0) is 13.6 Å². The first-order valence-electron chi connectivity index (χ1n) is 8.13. The third kappa shape index (κ3) is 2.69. The fourth-order valence-corrected chi connectivity index (χ4v) is 2.90. The summed E-state index contributed by atoms with van der Waals surface area (Å²) < 4.78 is 7.40. The standard InChI is InChI=1S/C18H19N3O5/c1-4-7-21-16-14(17(24)20(2)18(21)25)15(23)11(19-16)8-10-5-6-12(22)13(9-10)26-3/h5-6,8-9,19,22H,4,7H2,1-3H3/b11-8+. The number of ether oxygens (including phenoxy) is 1. The van der Waals surface area contributed by atoms with E-state index in [-0.39, 0.29) is 28.6 Å². The zero-order valence-electron chi connectivity index (χ0n) is 14.7. The monoisotopic (exact) mass is 357 g/mol. The van der Waals surface area contributed by atoms with Gasteiger partial charge in [0.25, 0.3) is 5.56 Å². The van der Waals surface area contributed by atoms with E-state index in [1.807, 2.05) is 6.92 Å². The summed E-state index contributed by atoms with van der Waals surface area (Å²) >= 11 is 0. The lowest BCUT2D eigenvalue weighted by Gasteiger charge is -2.11. The van der Waals surface area contributed by atoms with Gasteiger partial charge in [-0.2, -0.15) is 0 Å². The number of aromatic hydroxyl groups is 1. The van der Waals surface area contributed by atoms with Gasteiger partial charge in [0.1, 0.15) is 11.4 Å². The SMILES string of the molecule is CCCn1c2c(c(=O)n(C)c1=O)C(=O)/C(=C\c1ccc(O)c(OC)c1)N2. The van der Waals surface area contributed by atoms with Gasteiger partial charge in [-0.1, -0.05) is 13.0 Å². The van der Waals surface area contributed by atoms with E-state index in [0.29, 0.717) is 18.5 Å². The Labute approximate surface area is 149 Å². The second-order valence-electron chi connectivity index (χ2n) is 5.97. The molecule has 0 spiro atoms. The minimum absolute atomic E-state index is 0.0192. The molecular formula is C18H19N3O5. The molecule has 0 saturated carbocycles. The second-order valence-corrected chi connectivity index (χ2v) is 5.97. The molecule has 2 N–H and O–H groups in total. The third-order valence-corrected chi connectivity index (χ3v) is 4.23. The van der Waals surface area contributed by atoms with Crippen LogP contribution in [0.1, 0.15) is 29.3 Å². The van der Waals surface area contributed by atoms with Crippen LogP contribution in [0.3, 0.4) is 0 Å². The Kier molecular flexibility index (Phi) is 4.41. The van der Waals surface area contributed by atoms with Crippen molar-refractivity contribution in [1.82, 2.24) is 9.13 Å². The zero-order valence-corrected chi connectivity index (χ0v) is 14.7. The van der Waals surface area contributed by atoms with Crippen molar-refractivity contribution in [3.63, 3.8) is 0 Å². The number of nitrogens with one attached hydrogen (secondary N) is 1. The van der Waals surface area contributed by atoms with Crippen molar-refractivity contribution >= 4 is 17.7 Å². The molecule has 0 saturated heterocycles. The summed E-state index contributed by atoms with van der Waals surface area (Å²) in [6.07, 6.45) is 2.22. The summed E-state index contributed by atoms with van der Waals surface area (Å²) in [5.74, 6) is -0.00477. The van der Waals surface area contributed by atoms with Crippen LogP contribution in [0.15, 0.2) is 33.5 Å². The summed E-state index contributed by atoms with van der Waals surface area (Å²) in [7, 11) is 2.78. The molecule has 0 unspecified atom stereocenters. The van der Waals surface area contributed by atoms with Gasteiger partial charge in [-0.15, -0.1) is 0 Å². The van der Waals surface area contributed by atoms with E-state index in [0.717, 1.165) is 4.57 Å². The molecular weight excluding hydrogens is 338 g/mol. The van der Waals surface area contributed by atoms with Crippen molar-refractivity contribution in [1.29, 1.82) is 0 Å². The fourth-order valence-electron chi connectivity index (χ4n) is 2.90. The number of hydrogen-bond acceptors (Lipinski definition) is 6. The fraction of sp³-hybridized carbons (Fsp3) is 0.278. The first-order chi connectivity index (χ1) is 12.4. The Bertz CT molecular complexity index is 1050. The highest BCUT2D eigenvalue weighted by atomic mass is 16.5. The highest BCUT2D eigenvalue weighted by Gasteiger charge is 2.32. The molecule has 1 aliphatic rings. The van der Waals surface area contributed by atoms with E-state index in [1.165, 1.54) is 24.8 Å². The van der Waals surface area contributed by atoms with Crippen LogP contribution in [0.2, 0.25) is 0 Å². The number of aromatic nitrogens is 2. The van der Waals surface area contributed by atoms with Gasteiger partial charge in [-0.25, -0.2) is 4.79 Å². The van der Waals surface area contributed by atoms with Crippen LogP contribution in [0.25, 0.3) is 6.08 Å². The van der Waals surface area contributed by atoms with Crippen molar-refractivity contribution in [2.24, 2.45) is 7.05 Å². The maximum atomic E-state index is 12.7. The minimum atomic E-state index is -0.624. The molecule has 0 aliphatic carbocycles. The molecule has 0 radical (unpaired) electrons. The highest BCUT2D eigenvalue weighted by molar-refractivity contribution is 6.19. The number of carbonyl (C=O) groups excluding carboxylic acids is 1. The molecule has 0 fully saturated rings. The van der Waals surface area contributed by atoms with Crippen molar-refractivity contribution in [3.8, 4) is 11.5 Å². The number of anilines is 1. The Morgan fingerprint density at radius 3 is 2.65 bits per heavy atom. The number of phenols is 1. The number of fused-ring (bicyclic) bond motifs is 1. The first kappa shape index (κ1) is 17.5. The first-order valence-corrected chi connectivity index (χ1v) is 8.13. The van der Waals surface area contributed by atoms with Crippen LogP contribution in [0.5, 0.6) is 11.5 Å². The molecule has 0 amide bonds. The highest BCUT2D eigenvalue weighted by Crippen LogP contribution is 2.30. The van der Waals surface area contributed by atoms with Crippen LogP contribution in [-0.4, -0.2) is 27.1 Å². The number of Topliss-reactive ketones (excluding diaryl/α,β-unsaturated/α-hetero) is 1. The van der Waals surface area contributed by atoms with E-state index < -0.39 is 17.0 Å². The summed E-state index contributed by atoms with van der Waals surface area (Å²) in [4.78, 5) is 37.5. The molecule has 8 nitrogen and oxygen atoms in total. The number of benzene rings is 1. The number of hydrogen-bond donors (Lipinski definition) is 2. The molecule has 2 heterocycles. The number of carbonyl (C=O) groups is 1. The Balaban J connectivity index is 2.13. The summed E-state index contributed by atoms with van der Waals surface area (Å²) in [6.45, 7) is 2.29. The molecule has 136 valence electrons. The van der Waals surface area contributed by atoms with Gasteiger partial charge in [-0.05, 0) is 30.2 Å². The van der Waals surface area contributed by atoms with Gasteiger partial charge in [0.15, 0.2) is 11.5 Å². The molecule has 8 heteroatoms. The maximum Gasteiger partial charge on any atom is 0.332 e. The predicted molar refractivity (Wildman–Crippen MR) is 96.8 cm³/mol. The van der Waals surface area contributed by atoms with E-state index in [9.17, 15) is 19.5 Å². The Hall–Kier alpha value is -3.29. The predicted octanol–water partition coefficient (Wildman–Crippen LogP) is 1.32. The smallest absolute Gasteiger partial charge is 0.332 e. The number of ketones is 1. The quantitative estimate of drug-likeness (QED) is 0.800. The molecule has 3 rings (SSSR count). The topological polar surface area (TPSA) is 103 Å². The summed E-state index contributed by atoms with van der Waals surface area (Å²) in [5, 5.41) is 12.6. The number of phenolic OH excluding ortho intramolecular Hbond substituents is 1. The van der Waals surface area contributed by atoms with Crippen LogP contribution in [0, 0.1) is 0 Å². The van der Waals surface area contributed by atoms with Gasteiger partial charge in [0.2, 0.25) is 5.78 Å². The summed E-state index contributed by atoms with van der Waals surface area (Å²) in [5.41, 5.74) is -0.354. The van der Waals surface area contributed by atoms with Gasteiger partial charge in [-0.3, -0.25) is 18.7 Å². The molecule has 1 aromatic carbocycles. The van der Waals surface area contributed by atoms with Crippen molar-refractivity contribution in [3.05, 3.63) is 55.9 Å². The Morgan fingerprint density at radius 1 is 1.27 bits per heavy atom. The molecule has 26 heavy (non-hydrogen) atoms. The average molecular weight is 357 g/mol. The van der Waals surface area contributed by atoms with Crippen LogP contribution < -0.4 is 21.3 Å². The molecule has 0 atom stereocenters. The van der Waals surface area contributed by atoms with Crippen molar-refractivity contribution < 1.29 is 14.6 Å². The van der Waals surface area contributed by atoms with Crippen molar-refractivity contribution in [2.75, 3.05) is 12.4 Å². The number of methoxy groups -OCH3 is 1. The van der Waals surface area contributed by atoms with Crippen LogP contribution >= 0.6 is 0 Å². The lowest BCUT2D eigenvalue weighted by Crippen LogP contribution is -2.40. The third-order valence-electron chi connectivity index (χ3n) is 4.23. The molecule has 0 bridgehead atoms. The maximum absolute atomic E-state index is 12.7. The van der Waals surface area contributed by atoms with E-state index in [2.05, 4.69) is 5.32 Å². The van der Waals surface area contributed by atoms with E-state index in [4.69, 9.17) is 4.74 Å². The molecule has 1 aromatic heterocycles. The lowest BCUT2D eigenvalue weighted by molar-refractivity contribution is 0.104. The minimum Gasteiger partial charge on any atom is -0.504 e. The van der Waals surface area contributed by atoms with Gasteiger partial charge >= 0.3 is 5.69 Å². The molecule has 2 aromatic rings. The zero-order chi connectivity index (χ0) is 19.0. The number of rotatable bonds is 4. The normalized spacial score (nSPS) is 14.4. The van der Waals surface area contributed by atoms with Gasteiger partial charge < -0.3 is 15.2 Å². The summed E-state index contributed by atoms with van der Waals surface area (Å²) in [6, 6.07) is 4.63. The van der Waals surface area contributed by atoms with E-state index in [1.54, 1.807) is 18.2 Å². The average Bonchev–Trinajstić information content (AvgIpc) is 2.94. The van der Waals surface area contributed by atoms with Gasteiger partial charge in [0.05, 0.1) is 12.8 Å². The van der Waals surface area contributed by atoms with E-state index >= 15 is 0 Å². The molecule has 1 aliphatic heterocycles. The van der Waals surface area contributed by atoms with Crippen LogP contribution in [0.4, 0.5) is 5.82 Å². The van der Waals surface area contributed by atoms with Gasteiger partial charge in [0, 0.05) is 13.6 Å². The number of allylic oxidation sites excluding steroid dienone is 1. The van der Waals surface area contributed by atoms with Crippen molar-refractivity contribution in [2.45, 2.75) is 19.9 Å². The lowest BCUT2D eigenvalue weighted by atomic mass is 10.1. The second kappa shape index (κ2) is 6.55. The largest absolute Gasteiger partial charge is 0.504 e.